The lowest BCUT2D eigenvalue weighted by molar-refractivity contribution is -0.143. The van der Waals surface area contributed by atoms with Gasteiger partial charge < -0.3 is 30.9 Å². The molecule has 3 aromatic carbocycles. The average Bonchev–Trinajstić information content (AvgIpc) is 3.67. The predicted octanol–water partition coefficient (Wildman–Crippen LogP) is 2.70. The number of nitrogens with one attached hydrogen (secondary N) is 5. The summed E-state index contributed by atoms with van der Waals surface area (Å²) >= 11 is 0. The van der Waals surface area contributed by atoms with E-state index >= 15 is 0 Å². The van der Waals surface area contributed by atoms with E-state index in [2.05, 4.69) is 21.3 Å². The number of hydroxylamine groups is 1. The van der Waals surface area contributed by atoms with Crippen LogP contribution >= 0.6 is 0 Å². The van der Waals surface area contributed by atoms with E-state index < -0.39 is 59.7 Å². The number of hydrogen-bond donors (Lipinski definition) is 6. The molecule has 54 heavy (non-hydrogen) atoms. The first kappa shape index (κ1) is 41.0. The molecule has 14 nitrogen and oxygen atoms in total. The minimum absolute atomic E-state index is 0.000468. The van der Waals surface area contributed by atoms with Crippen molar-refractivity contribution in [1.82, 2.24) is 31.6 Å². The Morgan fingerprint density at radius 1 is 0.741 bits per heavy atom. The maximum absolute atomic E-state index is 13.8. The predicted molar refractivity (Wildman–Crippen MR) is 200 cm³/mol. The van der Waals surface area contributed by atoms with Crippen molar-refractivity contribution in [2.45, 2.75) is 90.2 Å². The zero-order valence-corrected chi connectivity index (χ0v) is 31.0. The Morgan fingerprint density at radius 2 is 1.37 bits per heavy atom. The lowest BCUT2D eigenvalue weighted by atomic mass is 10.0. The van der Waals surface area contributed by atoms with E-state index in [9.17, 15) is 34.0 Å². The minimum atomic E-state index is -1.98. The quantitative estimate of drug-likeness (QED) is 0.0690. The van der Waals surface area contributed by atoms with Crippen LogP contribution in [-0.2, 0) is 41.8 Å². The van der Waals surface area contributed by atoms with Crippen molar-refractivity contribution < 1.29 is 38.7 Å². The Bertz CT molecular complexity index is 1740. The van der Waals surface area contributed by atoms with E-state index in [0.29, 0.717) is 37.3 Å². The van der Waals surface area contributed by atoms with Gasteiger partial charge in [0, 0.05) is 19.9 Å². The van der Waals surface area contributed by atoms with Crippen molar-refractivity contribution in [1.29, 1.82) is 0 Å². The number of hydrogen-bond acceptors (Lipinski definition) is 8. The normalized spacial score (nSPS) is 16.0. The Balaban J connectivity index is 1.51. The first-order chi connectivity index (χ1) is 25.9. The third-order valence-electron chi connectivity index (χ3n) is 9.12. The number of carbonyl (C=O) groups excluding carboxylic acids is 6. The van der Waals surface area contributed by atoms with Crippen LogP contribution in [-0.4, -0.2) is 76.3 Å². The molecule has 0 aliphatic carbocycles. The lowest BCUT2D eigenvalue weighted by Gasteiger charge is -2.28. The van der Waals surface area contributed by atoms with Crippen LogP contribution in [0.5, 0.6) is 5.75 Å². The van der Waals surface area contributed by atoms with Gasteiger partial charge in [0.2, 0.25) is 23.6 Å². The van der Waals surface area contributed by atoms with Gasteiger partial charge in [-0.15, -0.1) is 0 Å². The number of amides is 6. The summed E-state index contributed by atoms with van der Waals surface area (Å²) in [6, 6.07) is 20.3. The molecule has 0 spiro atoms. The molecule has 1 fully saturated rings. The van der Waals surface area contributed by atoms with Gasteiger partial charge in [0.1, 0.15) is 30.5 Å². The molecular weight excluding hydrogens is 692 g/mol. The molecular formula is C40H50N6O8. The summed E-state index contributed by atoms with van der Waals surface area (Å²) in [4.78, 5) is 80.8. The maximum Gasteiger partial charge on any atom is 0.275 e. The van der Waals surface area contributed by atoms with E-state index in [1.807, 2.05) is 74.5 Å². The average molecular weight is 743 g/mol. The molecule has 6 N–H and O–H groups in total. The van der Waals surface area contributed by atoms with Crippen molar-refractivity contribution in [2.24, 2.45) is 5.92 Å². The molecule has 0 saturated carbocycles. The Hall–Kier alpha value is -5.76. The molecule has 288 valence electrons. The van der Waals surface area contributed by atoms with E-state index in [1.165, 1.54) is 17.3 Å². The lowest BCUT2D eigenvalue weighted by Crippen LogP contribution is -2.62. The van der Waals surface area contributed by atoms with Crippen molar-refractivity contribution >= 4 is 35.4 Å². The van der Waals surface area contributed by atoms with Gasteiger partial charge in [0.05, 0.1) is 6.04 Å². The number of ether oxygens (including phenoxy) is 1. The first-order valence-corrected chi connectivity index (χ1v) is 18.1. The van der Waals surface area contributed by atoms with Crippen LogP contribution in [0.4, 0.5) is 0 Å². The Labute approximate surface area is 315 Å². The van der Waals surface area contributed by atoms with Crippen molar-refractivity contribution in [3.05, 3.63) is 102 Å². The van der Waals surface area contributed by atoms with Crippen LogP contribution in [0.15, 0.2) is 84.9 Å². The highest BCUT2D eigenvalue weighted by Crippen LogP contribution is 2.19. The number of rotatable bonds is 17. The molecule has 3 aromatic rings. The van der Waals surface area contributed by atoms with Crippen molar-refractivity contribution in [3.8, 4) is 5.75 Å². The summed E-state index contributed by atoms with van der Waals surface area (Å²) in [5, 5.41) is 20.1. The highest BCUT2D eigenvalue weighted by atomic mass is 16.5. The van der Waals surface area contributed by atoms with Crippen LogP contribution in [0.25, 0.3) is 0 Å². The summed E-state index contributed by atoms with van der Waals surface area (Å²) in [7, 11) is 0. The molecule has 6 amide bonds. The van der Waals surface area contributed by atoms with Crippen molar-refractivity contribution in [3.63, 3.8) is 0 Å². The largest absolute Gasteiger partial charge is 0.489 e. The van der Waals surface area contributed by atoms with Gasteiger partial charge >= 0.3 is 0 Å². The van der Waals surface area contributed by atoms with Gasteiger partial charge in [-0.1, -0.05) is 86.6 Å². The second-order valence-corrected chi connectivity index (χ2v) is 13.8. The molecule has 3 unspecified atom stereocenters. The van der Waals surface area contributed by atoms with Gasteiger partial charge in [-0.25, -0.2) is 5.48 Å². The van der Waals surface area contributed by atoms with Gasteiger partial charge in [0.25, 0.3) is 11.8 Å². The van der Waals surface area contributed by atoms with Crippen LogP contribution in [0, 0.1) is 5.92 Å². The van der Waals surface area contributed by atoms with Crippen LogP contribution < -0.4 is 31.5 Å². The molecule has 5 atom stereocenters. The fourth-order valence-corrected chi connectivity index (χ4v) is 6.25. The van der Waals surface area contributed by atoms with E-state index in [0.717, 1.165) is 11.1 Å². The number of carbonyl (C=O) groups is 6. The molecule has 14 heteroatoms. The standard InChI is InChI=1S/C40H50N6O8/c1-25(2)22-32(42-38(50)34-16-11-21-46(34)27(4)47)37(49)44-35(40(52)45-53)39(51)43-33(36(48)41-26(3)30-14-9-6-10-15-30)23-28-17-19-31(20-18-28)54-24-29-12-7-5-8-13-29/h5-10,12-15,17-20,25-26,32-35,53H,11,16,21-24H2,1-4H3,(H,41,48)(H,42,50)(H,43,51)(H,44,49)(H,45,52)/t26-,32?,33?,34-,35?/m0/s1. The van der Waals surface area contributed by atoms with Gasteiger partial charge in [-0.05, 0) is 60.9 Å². The molecule has 4 rings (SSSR count). The van der Waals surface area contributed by atoms with Crippen LogP contribution in [0.1, 0.15) is 69.7 Å². The number of benzene rings is 3. The maximum atomic E-state index is 13.8. The van der Waals surface area contributed by atoms with E-state index in [-0.39, 0.29) is 24.7 Å². The van der Waals surface area contributed by atoms with E-state index in [4.69, 9.17) is 4.74 Å². The second kappa shape index (κ2) is 19.9. The second-order valence-electron chi connectivity index (χ2n) is 13.8. The van der Waals surface area contributed by atoms with Crippen LogP contribution in [0.2, 0.25) is 0 Å². The van der Waals surface area contributed by atoms with Gasteiger partial charge in [0.15, 0.2) is 6.04 Å². The van der Waals surface area contributed by atoms with Gasteiger partial charge in [-0.2, -0.15) is 0 Å². The third kappa shape index (κ3) is 11.9. The molecule has 1 saturated heterocycles. The zero-order chi connectivity index (χ0) is 39.2. The topological polar surface area (TPSA) is 195 Å². The highest BCUT2D eigenvalue weighted by molar-refractivity contribution is 6.08. The first-order valence-electron chi connectivity index (χ1n) is 18.1. The molecule has 1 heterocycles. The summed E-state index contributed by atoms with van der Waals surface area (Å²) < 4.78 is 5.88. The molecule has 1 aliphatic heterocycles. The molecule has 1 aliphatic rings. The summed E-state index contributed by atoms with van der Waals surface area (Å²) in [5.41, 5.74) is 3.89. The number of nitrogens with zero attached hydrogens (tertiary/aromatic N) is 1. The Kier molecular flexibility index (Phi) is 15.1. The van der Waals surface area contributed by atoms with Gasteiger partial charge in [-0.3, -0.25) is 34.0 Å². The fraction of sp³-hybridized carbons (Fsp3) is 0.400. The minimum Gasteiger partial charge on any atom is -0.489 e. The third-order valence-corrected chi connectivity index (χ3v) is 9.12. The zero-order valence-electron chi connectivity index (χ0n) is 31.0. The summed E-state index contributed by atoms with van der Waals surface area (Å²) in [6.45, 7) is 7.59. The monoisotopic (exact) mass is 742 g/mol. The Morgan fingerprint density at radius 3 is 1.98 bits per heavy atom. The van der Waals surface area contributed by atoms with Crippen LogP contribution in [0.3, 0.4) is 0 Å². The summed E-state index contributed by atoms with van der Waals surface area (Å²) in [5.74, 6) is -4.05. The highest BCUT2D eigenvalue weighted by Gasteiger charge is 2.37. The van der Waals surface area contributed by atoms with E-state index in [1.54, 1.807) is 31.2 Å². The molecule has 0 aromatic heterocycles. The molecule has 0 bridgehead atoms. The molecule has 0 radical (unpaired) electrons. The smallest absolute Gasteiger partial charge is 0.275 e. The van der Waals surface area contributed by atoms with Crippen molar-refractivity contribution in [2.75, 3.05) is 6.54 Å². The number of likely N-dealkylation sites (tertiary alicyclic amines) is 1. The SMILES string of the molecule is CC(=O)N1CCC[C@H]1C(=O)NC(CC(C)C)C(=O)NC(C(=O)NO)C(=O)NC(Cc1ccc(OCc2ccccc2)cc1)C(=O)N[C@@H](C)c1ccccc1. The summed E-state index contributed by atoms with van der Waals surface area (Å²) in [6.07, 6.45) is 1.20. The fourth-order valence-electron chi connectivity index (χ4n) is 6.25.